The molecule has 29 heavy (non-hydrogen) atoms. The van der Waals surface area contributed by atoms with Crippen LogP contribution < -0.4 is 4.90 Å². The first kappa shape index (κ1) is 19.0. The molecule has 1 saturated carbocycles. The molecular formula is C24H32N4O. The van der Waals surface area contributed by atoms with Gasteiger partial charge >= 0.3 is 0 Å². The van der Waals surface area contributed by atoms with Gasteiger partial charge in [0.1, 0.15) is 5.82 Å². The lowest BCUT2D eigenvalue weighted by molar-refractivity contribution is 0.0841. The number of aromatic nitrogens is 1. The standard InChI is InChI=1S/C24H32N4O/c1-2-6-20(7-3-1)16-27-17-21-22(18-27)23(21)19-29-15-14-26-10-12-28(13-11-26)24-8-4-5-9-25-24/h1-9,21-23H,10-19H2. The van der Waals surface area contributed by atoms with Gasteiger partial charge < -0.3 is 9.64 Å². The number of nitrogens with zero attached hydrogens (tertiary/aromatic N) is 4. The SMILES string of the molecule is c1ccc(CN2CC3C(COCCN4CCN(c5ccccn5)CC4)C3C2)cc1. The first-order valence-electron chi connectivity index (χ1n) is 11.1. The highest BCUT2D eigenvalue weighted by molar-refractivity contribution is 5.38. The number of rotatable bonds is 8. The van der Waals surface area contributed by atoms with Crippen molar-refractivity contribution in [3.63, 3.8) is 0 Å². The lowest BCUT2D eigenvalue weighted by Crippen LogP contribution is -2.47. The summed E-state index contributed by atoms with van der Waals surface area (Å²) in [5.41, 5.74) is 1.43. The molecule has 0 amide bonds. The molecule has 5 nitrogen and oxygen atoms in total. The van der Waals surface area contributed by atoms with Gasteiger partial charge in [-0.3, -0.25) is 9.80 Å². The van der Waals surface area contributed by atoms with Gasteiger partial charge in [0.15, 0.2) is 0 Å². The zero-order chi connectivity index (χ0) is 19.5. The number of piperazine rings is 1. The molecule has 3 aliphatic rings. The van der Waals surface area contributed by atoms with Crippen molar-refractivity contribution >= 4 is 5.82 Å². The zero-order valence-corrected chi connectivity index (χ0v) is 17.2. The zero-order valence-electron chi connectivity index (χ0n) is 17.2. The van der Waals surface area contributed by atoms with Crippen molar-refractivity contribution in [2.24, 2.45) is 17.8 Å². The van der Waals surface area contributed by atoms with E-state index in [0.717, 1.165) is 76.1 Å². The van der Waals surface area contributed by atoms with Crippen molar-refractivity contribution in [1.29, 1.82) is 0 Å². The van der Waals surface area contributed by atoms with Gasteiger partial charge in [-0.05, 0) is 35.4 Å². The van der Waals surface area contributed by atoms with Crippen LogP contribution in [0.5, 0.6) is 0 Å². The fraction of sp³-hybridized carbons (Fsp3) is 0.542. The molecule has 2 atom stereocenters. The monoisotopic (exact) mass is 392 g/mol. The number of hydrogen-bond acceptors (Lipinski definition) is 5. The van der Waals surface area contributed by atoms with Crippen LogP contribution in [-0.4, -0.2) is 73.8 Å². The Morgan fingerprint density at radius 2 is 1.62 bits per heavy atom. The number of fused-ring (bicyclic) bond motifs is 1. The fourth-order valence-corrected chi connectivity index (χ4v) is 5.11. The summed E-state index contributed by atoms with van der Waals surface area (Å²) < 4.78 is 6.08. The van der Waals surface area contributed by atoms with Crippen LogP contribution in [0, 0.1) is 17.8 Å². The van der Waals surface area contributed by atoms with Crippen LogP contribution in [0.3, 0.4) is 0 Å². The molecule has 0 bridgehead atoms. The first-order chi connectivity index (χ1) is 14.4. The third kappa shape index (κ3) is 4.63. The smallest absolute Gasteiger partial charge is 0.128 e. The molecule has 0 radical (unpaired) electrons. The summed E-state index contributed by atoms with van der Waals surface area (Å²) in [4.78, 5) is 12.0. The van der Waals surface area contributed by atoms with E-state index in [2.05, 4.69) is 62.1 Å². The number of ether oxygens (including phenoxy) is 1. The number of anilines is 1. The Morgan fingerprint density at radius 3 is 2.34 bits per heavy atom. The van der Waals surface area contributed by atoms with E-state index in [4.69, 9.17) is 4.74 Å². The predicted octanol–water partition coefficient (Wildman–Crippen LogP) is 2.60. The minimum absolute atomic E-state index is 0.808. The number of likely N-dealkylation sites (tertiary alicyclic amines) is 1. The summed E-state index contributed by atoms with van der Waals surface area (Å²) in [6.45, 7) is 10.8. The van der Waals surface area contributed by atoms with E-state index in [1.54, 1.807) is 0 Å². The van der Waals surface area contributed by atoms with Crippen LogP contribution in [0.25, 0.3) is 0 Å². The molecule has 3 fully saturated rings. The van der Waals surface area contributed by atoms with Crippen LogP contribution in [0.2, 0.25) is 0 Å². The summed E-state index contributed by atoms with van der Waals surface area (Å²) in [6.07, 6.45) is 1.88. The van der Waals surface area contributed by atoms with E-state index in [-0.39, 0.29) is 0 Å². The summed E-state index contributed by atoms with van der Waals surface area (Å²) in [7, 11) is 0. The molecule has 2 saturated heterocycles. The molecule has 1 aromatic heterocycles. The van der Waals surface area contributed by atoms with Crippen LogP contribution in [-0.2, 0) is 11.3 Å². The maximum Gasteiger partial charge on any atom is 0.128 e. The Balaban J connectivity index is 0.948. The maximum atomic E-state index is 6.08. The van der Waals surface area contributed by atoms with Gasteiger partial charge in [-0.15, -0.1) is 0 Å². The van der Waals surface area contributed by atoms with Crippen molar-refractivity contribution in [2.45, 2.75) is 6.54 Å². The Hall–Kier alpha value is -1.95. The summed E-state index contributed by atoms with van der Waals surface area (Å²) in [5, 5.41) is 0. The van der Waals surface area contributed by atoms with E-state index < -0.39 is 0 Å². The molecule has 154 valence electrons. The molecule has 0 N–H and O–H groups in total. The molecule has 2 aliphatic heterocycles. The summed E-state index contributed by atoms with van der Waals surface area (Å²) in [5.74, 6) is 3.66. The minimum Gasteiger partial charge on any atom is -0.380 e. The van der Waals surface area contributed by atoms with E-state index in [9.17, 15) is 0 Å². The molecular weight excluding hydrogens is 360 g/mol. The van der Waals surface area contributed by atoms with Gasteiger partial charge in [0.2, 0.25) is 0 Å². The molecule has 5 heteroatoms. The van der Waals surface area contributed by atoms with Gasteiger partial charge in [0.25, 0.3) is 0 Å². The minimum atomic E-state index is 0.808. The molecule has 1 aromatic carbocycles. The molecule has 3 heterocycles. The second-order valence-corrected chi connectivity index (χ2v) is 8.76. The van der Waals surface area contributed by atoms with Gasteiger partial charge in [-0.2, -0.15) is 0 Å². The van der Waals surface area contributed by atoms with Gasteiger partial charge in [-0.1, -0.05) is 36.4 Å². The van der Waals surface area contributed by atoms with E-state index in [1.807, 2.05) is 12.3 Å². The topological polar surface area (TPSA) is 31.8 Å². The van der Waals surface area contributed by atoms with Crippen LogP contribution in [0.4, 0.5) is 5.82 Å². The van der Waals surface area contributed by atoms with Crippen LogP contribution in [0.15, 0.2) is 54.7 Å². The highest BCUT2D eigenvalue weighted by atomic mass is 16.5. The third-order valence-corrected chi connectivity index (χ3v) is 6.90. The Kier molecular flexibility index (Phi) is 5.79. The van der Waals surface area contributed by atoms with Crippen molar-refractivity contribution < 1.29 is 4.74 Å². The average molecular weight is 393 g/mol. The fourth-order valence-electron chi connectivity index (χ4n) is 5.11. The molecule has 2 aromatic rings. The van der Waals surface area contributed by atoms with Crippen LogP contribution in [0.1, 0.15) is 5.56 Å². The quantitative estimate of drug-likeness (QED) is 0.645. The van der Waals surface area contributed by atoms with Gasteiger partial charge in [-0.25, -0.2) is 4.98 Å². The van der Waals surface area contributed by atoms with E-state index in [0.29, 0.717) is 0 Å². The number of piperidine rings is 1. The normalized spacial score (nSPS) is 27.2. The molecule has 5 rings (SSSR count). The lowest BCUT2D eigenvalue weighted by atomic mass is 10.2. The van der Waals surface area contributed by atoms with Gasteiger partial charge in [0, 0.05) is 58.6 Å². The largest absolute Gasteiger partial charge is 0.380 e. The summed E-state index contributed by atoms with van der Waals surface area (Å²) in [6, 6.07) is 17.0. The first-order valence-corrected chi connectivity index (χ1v) is 11.1. The van der Waals surface area contributed by atoms with Gasteiger partial charge in [0.05, 0.1) is 13.2 Å². The predicted molar refractivity (Wildman–Crippen MR) is 116 cm³/mol. The molecule has 1 aliphatic carbocycles. The third-order valence-electron chi connectivity index (χ3n) is 6.90. The van der Waals surface area contributed by atoms with E-state index in [1.165, 1.54) is 18.7 Å². The molecule has 0 spiro atoms. The second-order valence-electron chi connectivity index (χ2n) is 8.76. The number of benzene rings is 1. The Labute approximate surface area is 174 Å². The highest BCUT2D eigenvalue weighted by Crippen LogP contribution is 2.51. The van der Waals surface area contributed by atoms with Crippen molar-refractivity contribution in [3.8, 4) is 0 Å². The van der Waals surface area contributed by atoms with Crippen LogP contribution >= 0.6 is 0 Å². The van der Waals surface area contributed by atoms with Crippen molar-refractivity contribution in [3.05, 3.63) is 60.3 Å². The lowest BCUT2D eigenvalue weighted by Gasteiger charge is -2.35. The Bertz CT molecular complexity index is 751. The number of pyridine rings is 1. The van der Waals surface area contributed by atoms with E-state index >= 15 is 0 Å². The number of hydrogen-bond donors (Lipinski definition) is 0. The maximum absolute atomic E-state index is 6.08. The highest BCUT2D eigenvalue weighted by Gasteiger charge is 2.55. The summed E-state index contributed by atoms with van der Waals surface area (Å²) >= 11 is 0. The molecule has 2 unspecified atom stereocenters. The Morgan fingerprint density at radius 1 is 0.862 bits per heavy atom. The van der Waals surface area contributed by atoms with Crippen molar-refractivity contribution in [1.82, 2.24) is 14.8 Å². The second kappa shape index (κ2) is 8.82. The van der Waals surface area contributed by atoms with Crippen molar-refractivity contribution in [2.75, 3.05) is 63.9 Å². The average Bonchev–Trinajstić information content (AvgIpc) is 3.23.